The fourth-order valence-electron chi connectivity index (χ4n) is 3.16. The van der Waals surface area contributed by atoms with E-state index in [0.29, 0.717) is 6.04 Å². The van der Waals surface area contributed by atoms with Crippen LogP contribution in [0.1, 0.15) is 30.4 Å². The van der Waals surface area contributed by atoms with Crippen LogP contribution in [0.3, 0.4) is 0 Å². The highest BCUT2D eigenvalue weighted by Gasteiger charge is 2.29. The average molecular weight is 305 g/mol. The van der Waals surface area contributed by atoms with Crippen LogP contribution in [0.2, 0.25) is 0 Å². The van der Waals surface area contributed by atoms with Crippen molar-refractivity contribution in [2.75, 3.05) is 6.54 Å². The van der Waals surface area contributed by atoms with Gasteiger partial charge in [0.25, 0.3) is 0 Å². The molecular weight excluding hydrogens is 286 g/mol. The quantitative estimate of drug-likeness (QED) is 0.804. The summed E-state index contributed by atoms with van der Waals surface area (Å²) in [6, 6.07) is 16.4. The molecule has 5 heteroatoms. The van der Waals surface area contributed by atoms with Gasteiger partial charge in [0.1, 0.15) is 5.82 Å². The fraction of sp³-hybridized carbons (Fsp3) is 0.278. The molecule has 23 heavy (non-hydrogen) atoms. The zero-order valence-corrected chi connectivity index (χ0v) is 12.9. The smallest absolute Gasteiger partial charge is 0.181 e. The van der Waals surface area contributed by atoms with Crippen LogP contribution < -0.4 is 0 Å². The maximum Gasteiger partial charge on any atom is 0.181 e. The van der Waals surface area contributed by atoms with Crippen molar-refractivity contribution in [3.8, 4) is 11.4 Å². The summed E-state index contributed by atoms with van der Waals surface area (Å²) in [5, 5.41) is 7.53. The van der Waals surface area contributed by atoms with Crippen LogP contribution in [0.5, 0.6) is 0 Å². The minimum Gasteiger partial charge on any atom is -0.288 e. The number of rotatable bonds is 4. The SMILES string of the molecule is c1ccc(-c2n[nH]c(C3CCCN3Cc3ccccn3)n2)cc1. The van der Waals surface area contributed by atoms with E-state index in [4.69, 9.17) is 4.98 Å². The van der Waals surface area contributed by atoms with Crippen LogP contribution >= 0.6 is 0 Å². The zero-order chi connectivity index (χ0) is 15.5. The fourth-order valence-corrected chi connectivity index (χ4v) is 3.16. The number of aromatic amines is 1. The largest absolute Gasteiger partial charge is 0.288 e. The second-order valence-electron chi connectivity index (χ2n) is 5.86. The van der Waals surface area contributed by atoms with Crippen molar-refractivity contribution in [2.45, 2.75) is 25.4 Å². The van der Waals surface area contributed by atoms with Crippen molar-refractivity contribution >= 4 is 0 Å². The number of nitrogens with zero attached hydrogens (tertiary/aromatic N) is 4. The first-order chi connectivity index (χ1) is 11.4. The van der Waals surface area contributed by atoms with Gasteiger partial charge in [-0.05, 0) is 31.5 Å². The highest BCUT2D eigenvalue weighted by Crippen LogP contribution is 2.31. The normalized spacial score (nSPS) is 18.3. The molecule has 1 saturated heterocycles. The van der Waals surface area contributed by atoms with E-state index in [1.807, 2.05) is 48.7 Å². The van der Waals surface area contributed by atoms with Crippen molar-refractivity contribution < 1.29 is 0 Å². The van der Waals surface area contributed by atoms with Gasteiger partial charge >= 0.3 is 0 Å². The average Bonchev–Trinajstić information content (AvgIpc) is 3.25. The van der Waals surface area contributed by atoms with Crippen LogP contribution in [0.4, 0.5) is 0 Å². The summed E-state index contributed by atoms with van der Waals surface area (Å²) in [5.41, 5.74) is 2.14. The molecule has 1 N–H and O–H groups in total. The Morgan fingerprint density at radius 2 is 1.96 bits per heavy atom. The second-order valence-corrected chi connectivity index (χ2v) is 5.86. The first kappa shape index (κ1) is 14.1. The molecule has 1 fully saturated rings. The number of benzene rings is 1. The van der Waals surface area contributed by atoms with Gasteiger partial charge in [0.05, 0.1) is 11.7 Å². The molecule has 1 unspecified atom stereocenters. The number of aromatic nitrogens is 4. The van der Waals surface area contributed by atoms with Gasteiger partial charge in [-0.3, -0.25) is 15.0 Å². The molecule has 0 spiro atoms. The molecule has 1 aromatic carbocycles. The molecule has 1 aliphatic rings. The van der Waals surface area contributed by atoms with E-state index in [1.165, 1.54) is 6.42 Å². The number of pyridine rings is 1. The van der Waals surface area contributed by atoms with Crippen LogP contribution in [0.15, 0.2) is 54.7 Å². The van der Waals surface area contributed by atoms with Crippen molar-refractivity contribution in [3.63, 3.8) is 0 Å². The van der Waals surface area contributed by atoms with E-state index >= 15 is 0 Å². The molecule has 116 valence electrons. The third-order valence-electron chi connectivity index (χ3n) is 4.31. The van der Waals surface area contributed by atoms with Gasteiger partial charge in [0.2, 0.25) is 0 Å². The molecule has 3 heterocycles. The summed E-state index contributed by atoms with van der Waals surface area (Å²) in [7, 11) is 0. The van der Waals surface area contributed by atoms with Gasteiger partial charge in [0, 0.05) is 18.3 Å². The molecule has 1 atom stereocenters. The van der Waals surface area contributed by atoms with Crippen molar-refractivity contribution in [1.82, 2.24) is 25.1 Å². The van der Waals surface area contributed by atoms with Gasteiger partial charge < -0.3 is 0 Å². The lowest BCUT2D eigenvalue weighted by atomic mass is 10.2. The van der Waals surface area contributed by atoms with Crippen LogP contribution in [-0.4, -0.2) is 31.6 Å². The van der Waals surface area contributed by atoms with Crippen LogP contribution in [-0.2, 0) is 6.54 Å². The molecule has 1 aliphatic heterocycles. The minimum absolute atomic E-state index is 0.293. The van der Waals surface area contributed by atoms with Crippen molar-refractivity contribution in [2.24, 2.45) is 0 Å². The van der Waals surface area contributed by atoms with E-state index in [2.05, 4.69) is 26.1 Å². The van der Waals surface area contributed by atoms with Crippen molar-refractivity contribution in [1.29, 1.82) is 0 Å². The van der Waals surface area contributed by atoms with Gasteiger partial charge in [-0.2, -0.15) is 5.10 Å². The molecule has 5 nitrogen and oxygen atoms in total. The Kier molecular flexibility index (Phi) is 3.86. The first-order valence-corrected chi connectivity index (χ1v) is 8.02. The number of hydrogen-bond acceptors (Lipinski definition) is 4. The lowest BCUT2D eigenvalue weighted by Crippen LogP contribution is -2.24. The molecule has 0 radical (unpaired) electrons. The topological polar surface area (TPSA) is 57.7 Å². The summed E-state index contributed by atoms with van der Waals surface area (Å²) >= 11 is 0. The maximum absolute atomic E-state index is 4.73. The highest BCUT2D eigenvalue weighted by molar-refractivity contribution is 5.53. The van der Waals surface area contributed by atoms with Crippen molar-refractivity contribution in [3.05, 3.63) is 66.2 Å². The Morgan fingerprint density at radius 3 is 2.78 bits per heavy atom. The van der Waals surface area contributed by atoms with Gasteiger partial charge in [0.15, 0.2) is 5.82 Å². The Hall–Kier alpha value is -2.53. The monoisotopic (exact) mass is 305 g/mol. The summed E-state index contributed by atoms with van der Waals surface area (Å²) in [5.74, 6) is 1.72. The summed E-state index contributed by atoms with van der Waals surface area (Å²) < 4.78 is 0. The van der Waals surface area contributed by atoms with E-state index in [-0.39, 0.29) is 0 Å². The van der Waals surface area contributed by atoms with Gasteiger partial charge in [-0.25, -0.2) is 4.98 Å². The Labute approximate surface area is 135 Å². The van der Waals surface area contributed by atoms with Gasteiger partial charge in [-0.1, -0.05) is 36.4 Å². The number of nitrogens with one attached hydrogen (secondary N) is 1. The first-order valence-electron chi connectivity index (χ1n) is 8.02. The molecule has 0 amide bonds. The number of H-pyrrole nitrogens is 1. The molecule has 0 aliphatic carbocycles. The highest BCUT2D eigenvalue weighted by atomic mass is 15.3. The van der Waals surface area contributed by atoms with Crippen LogP contribution in [0, 0.1) is 0 Å². The lowest BCUT2D eigenvalue weighted by Gasteiger charge is -2.21. The molecule has 3 aromatic rings. The number of likely N-dealkylation sites (tertiary alicyclic amines) is 1. The number of hydrogen-bond donors (Lipinski definition) is 1. The van der Waals surface area contributed by atoms with E-state index in [9.17, 15) is 0 Å². The van der Waals surface area contributed by atoms with E-state index in [0.717, 1.165) is 42.4 Å². The van der Waals surface area contributed by atoms with E-state index < -0.39 is 0 Å². The lowest BCUT2D eigenvalue weighted by molar-refractivity contribution is 0.237. The molecule has 4 rings (SSSR count). The maximum atomic E-state index is 4.73. The summed E-state index contributed by atoms with van der Waals surface area (Å²) in [6.07, 6.45) is 4.14. The predicted molar refractivity (Wildman–Crippen MR) is 88.4 cm³/mol. The third kappa shape index (κ3) is 3.00. The Bertz CT molecular complexity index is 753. The predicted octanol–water partition coefficient (Wildman–Crippen LogP) is 3.20. The molecular formula is C18H19N5. The minimum atomic E-state index is 0.293. The molecule has 0 bridgehead atoms. The third-order valence-corrected chi connectivity index (χ3v) is 4.31. The van der Waals surface area contributed by atoms with Gasteiger partial charge in [-0.15, -0.1) is 0 Å². The standard InChI is InChI=1S/C18H19N5/c1-2-7-14(8-3-1)17-20-18(22-21-17)16-10-6-12-23(16)13-15-9-4-5-11-19-15/h1-5,7-9,11,16H,6,10,12-13H2,(H,20,21,22). The zero-order valence-electron chi connectivity index (χ0n) is 12.9. The summed E-state index contributed by atoms with van der Waals surface area (Å²) in [6.45, 7) is 1.93. The summed E-state index contributed by atoms with van der Waals surface area (Å²) in [4.78, 5) is 11.6. The Morgan fingerprint density at radius 1 is 1.09 bits per heavy atom. The van der Waals surface area contributed by atoms with Crippen LogP contribution in [0.25, 0.3) is 11.4 Å². The molecule has 0 saturated carbocycles. The Balaban J connectivity index is 1.54. The van der Waals surface area contributed by atoms with E-state index in [1.54, 1.807) is 0 Å². The second kappa shape index (κ2) is 6.30. The molecule has 2 aromatic heterocycles.